The molecule has 1 aliphatic rings. The minimum absolute atomic E-state index is 0.414. The Labute approximate surface area is 89.5 Å². The lowest BCUT2D eigenvalue weighted by Crippen LogP contribution is -2.29. The summed E-state index contributed by atoms with van der Waals surface area (Å²) in [6.45, 7) is 0. The Morgan fingerprint density at radius 2 is 1.80 bits per heavy atom. The second-order valence-corrected chi connectivity index (χ2v) is 4.24. The smallest absolute Gasteiger partial charge is 0.423 e. The number of hydrogen-bond donors (Lipinski definition) is 3. The van der Waals surface area contributed by atoms with Gasteiger partial charge in [0, 0.05) is 0 Å². The summed E-state index contributed by atoms with van der Waals surface area (Å²) in [5.41, 5.74) is 1.31. The number of benzene rings is 1. The largest absolute Gasteiger partial charge is 0.488 e. The summed E-state index contributed by atoms with van der Waals surface area (Å²) in [5.74, 6) is 0.683. The molecule has 1 saturated carbocycles. The van der Waals surface area contributed by atoms with Crippen molar-refractivity contribution in [1.29, 1.82) is 0 Å². The van der Waals surface area contributed by atoms with Gasteiger partial charge in [-0.15, -0.1) is 0 Å². The monoisotopic (exact) mass is 206 g/mol. The van der Waals surface area contributed by atoms with Gasteiger partial charge in [-0.3, -0.25) is 0 Å². The highest BCUT2D eigenvalue weighted by molar-refractivity contribution is 6.58. The van der Waals surface area contributed by atoms with E-state index < -0.39 is 13.2 Å². The van der Waals surface area contributed by atoms with E-state index in [1.54, 1.807) is 24.3 Å². The van der Waals surface area contributed by atoms with Crippen LogP contribution in [0, 0.1) is 5.92 Å². The standard InChI is InChI=1S/C11H15BO3/c13-11(7-8-1-2-8)9-3-5-10(6-4-9)12(14)15/h3-6,8,11,13-15H,1-2,7H2. The second-order valence-electron chi connectivity index (χ2n) is 4.24. The van der Waals surface area contributed by atoms with Crippen molar-refractivity contribution in [2.24, 2.45) is 5.92 Å². The second kappa shape index (κ2) is 4.35. The molecule has 0 aromatic heterocycles. The van der Waals surface area contributed by atoms with Crippen LogP contribution in [0.1, 0.15) is 30.9 Å². The number of rotatable bonds is 4. The first-order valence-electron chi connectivity index (χ1n) is 5.31. The van der Waals surface area contributed by atoms with E-state index in [0.29, 0.717) is 11.4 Å². The number of aliphatic hydroxyl groups is 1. The van der Waals surface area contributed by atoms with Gasteiger partial charge >= 0.3 is 7.12 Å². The maximum Gasteiger partial charge on any atom is 0.488 e. The molecular formula is C11H15BO3. The molecule has 1 aromatic rings. The molecule has 0 heterocycles. The molecule has 0 radical (unpaired) electrons. The third-order valence-corrected chi connectivity index (χ3v) is 2.87. The van der Waals surface area contributed by atoms with Gasteiger partial charge in [0.2, 0.25) is 0 Å². The Morgan fingerprint density at radius 3 is 2.27 bits per heavy atom. The molecule has 0 aliphatic heterocycles. The van der Waals surface area contributed by atoms with Gasteiger partial charge in [0.05, 0.1) is 6.10 Å². The van der Waals surface area contributed by atoms with Gasteiger partial charge < -0.3 is 15.2 Å². The van der Waals surface area contributed by atoms with Gasteiger partial charge in [-0.25, -0.2) is 0 Å². The maximum absolute atomic E-state index is 9.84. The van der Waals surface area contributed by atoms with Crippen molar-refractivity contribution in [1.82, 2.24) is 0 Å². The van der Waals surface area contributed by atoms with Crippen LogP contribution in [0.4, 0.5) is 0 Å². The molecule has 1 fully saturated rings. The Balaban J connectivity index is 2.01. The van der Waals surface area contributed by atoms with Crippen molar-refractivity contribution < 1.29 is 15.2 Å². The summed E-state index contributed by atoms with van der Waals surface area (Å²) in [5, 5.41) is 27.6. The predicted molar refractivity (Wildman–Crippen MR) is 58.6 cm³/mol. The summed E-state index contributed by atoms with van der Waals surface area (Å²) < 4.78 is 0. The van der Waals surface area contributed by atoms with Crippen LogP contribution in [0.25, 0.3) is 0 Å². The van der Waals surface area contributed by atoms with E-state index >= 15 is 0 Å². The zero-order valence-electron chi connectivity index (χ0n) is 8.50. The van der Waals surface area contributed by atoms with Crippen LogP contribution < -0.4 is 5.46 Å². The zero-order chi connectivity index (χ0) is 10.8. The van der Waals surface area contributed by atoms with Crippen molar-refractivity contribution in [2.45, 2.75) is 25.4 Å². The first kappa shape index (κ1) is 10.7. The molecule has 0 spiro atoms. The summed E-state index contributed by atoms with van der Waals surface area (Å²) in [6, 6.07) is 6.77. The lowest BCUT2D eigenvalue weighted by molar-refractivity contribution is 0.160. The van der Waals surface area contributed by atoms with Crippen LogP contribution in [-0.2, 0) is 0 Å². The lowest BCUT2D eigenvalue weighted by Gasteiger charge is -2.10. The summed E-state index contributed by atoms with van der Waals surface area (Å²) in [4.78, 5) is 0. The van der Waals surface area contributed by atoms with Crippen LogP contribution in [0.5, 0.6) is 0 Å². The minimum atomic E-state index is -1.43. The van der Waals surface area contributed by atoms with Crippen LogP contribution in [-0.4, -0.2) is 22.3 Å². The van der Waals surface area contributed by atoms with Gasteiger partial charge in [-0.05, 0) is 23.4 Å². The third-order valence-electron chi connectivity index (χ3n) is 2.87. The summed E-state index contributed by atoms with van der Waals surface area (Å²) in [6.07, 6.45) is 2.86. The van der Waals surface area contributed by atoms with E-state index in [1.807, 2.05) is 0 Å². The van der Waals surface area contributed by atoms with Crippen LogP contribution in [0.2, 0.25) is 0 Å². The van der Waals surface area contributed by atoms with Crippen molar-refractivity contribution >= 4 is 12.6 Å². The molecule has 0 amide bonds. The SMILES string of the molecule is OB(O)c1ccc(C(O)CC2CC2)cc1. The first-order valence-corrected chi connectivity index (χ1v) is 5.31. The van der Waals surface area contributed by atoms with E-state index in [-0.39, 0.29) is 0 Å². The molecule has 80 valence electrons. The van der Waals surface area contributed by atoms with Crippen molar-refractivity contribution in [3.8, 4) is 0 Å². The highest BCUT2D eigenvalue weighted by atomic mass is 16.4. The molecule has 0 bridgehead atoms. The Bertz CT molecular complexity index is 319. The van der Waals surface area contributed by atoms with E-state index in [4.69, 9.17) is 10.0 Å². The van der Waals surface area contributed by atoms with Gasteiger partial charge in [0.1, 0.15) is 0 Å². The topological polar surface area (TPSA) is 60.7 Å². The Hall–Kier alpha value is -0.835. The number of hydrogen-bond acceptors (Lipinski definition) is 3. The lowest BCUT2D eigenvalue weighted by atomic mass is 9.80. The van der Waals surface area contributed by atoms with Gasteiger partial charge in [0.25, 0.3) is 0 Å². The van der Waals surface area contributed by atoms with Crippen LogP contribution in [0.15, 0.2) is 24.3 Å². The van der Waals surface area contributed by atoms with Crippen molar-refractivity contribution in [3.63, 3.8) is 0 Å². The molecule has 3 N–H and O–H groups in total. The van der Waals surface area contributed by atoms with Crippen molar-refractivity contribution in [2.75, 3.05) is 0 Å². The highest BCUT2D eigenvalue weighted by Crippen LogP contribution is 2.37. The predicted octanol–water partition coefficient (Wildman–Crippen LogP) is 0.200. The van der Waals surface area contributed by atoms with Crippen molar-refractivity contribution in [3.05, 3.63) is 29.8 Å². The highest BCUT2D eigenvalue weighted by Gasteiger charge is 2.25. The summed E-state index contributed by atoms with van der Waals surface area (Å²) in [7, 11) is -1.43. The van der Waals surface area contributed by atoms with E-state index in [1.165, 1.54) is 12.8 Å². The van der Waals surface area contributed by atoms with Crippen LogP contribution >= 0.6 is 0 Å². The van der Waals surface area contributed by atoms with E-state index in [9.17, 15) is 5.11 Å². The average molecular weight is 206 g/mol. The molecule has 1 aromatic carbocycles. The molecular weight excluding hydrogens is 191 g/mol. The number of aliphatic hydroxyl groups excluding tert-OH is 1. The summed E-state index contributed by atoms with van der Waals surface area (Å²) >= 11 is 0. The fourth-order valence-corrected chi connectivity index (χ4v) is 1.70. The molecule has 3 nitrogen and oxygen atoms in total. The van der Waals surface area contributed by atoms with Crippen LogP contribution in [0.3, 0.4) is 0 Å². The average Bonchev–Trinajstić information content (AvgIpc) is 3.02. The van der Waals surface area contributed by atoms with Gasteiger partial charge in [-0.2, -0.15) is 0 Å². The van der Waals surface area contributed by atoms with Gasteiger partial charge in [-0.1, -0.05) is 37.1 Å². The molecule has 1 aliphatic carbocycles. The maximum atomic E-state index is 9.84. The third kappa shape index (κ3) is 2.81. The zero-order valence-corrected chi connectivity index (χ0v) is 8.50. The molecule has 1 unspecified atom stereocenters. The normalized spacial score (nSPS) is 17.5. The van der Waals surface area contributed by atoms with E-state index in [0.717, 1.165) is 12.0 Å². The molecule has 15 heavy (non-hydrogen) atoms. The Kier molecular flexibility index (Phi) is 3.10. The minimum Gasteiger partial charge on any atom is -0.423 e. The fraction of sp³-hybridized carbons (Fsp3) is 0.455. The molecule has 2 rings (SSSR count). The molecule has 4 heteroatoms. The van der Waals surface area contributed by atoms with Gasteiger partial charge in [0.15, 0.2) is 0 Å². The van der Waals surface area contributed by atoms with E-state index in [2.05, 4.69) is 0 Å². The first-order chi connectivity index (χ1) is 7.16. The fourth-order valence-electron chi connectivity index (χ4n) is 1.70. The Morgan fingerprint density at radius 1 is 1.20 bits per heavy atom. The quantitative estimate of drug-likeness (QED) is 0.616. The molecule has 0 saturated heterocycles. The molecule has 1 atom stereocenters.